The van der Waals surface area contributed by atoms with E-state index in [1.165, 1.54) is 12.3 Å². The van der Waals surface area contributed by atoms with Crippen LogP contribution in [0.2, 0.25) is 0 Å². The number of nitrogens with one attached hydrogen (secondary N) is 1. The number of aromatic nitrogens is 1. The molecule has 1 aromatic heterocycles. The maximum atomic E-state index is 14.4. The van der Waals surface area contributed by atoms with Crippen LogP contribution in [0.4, 0.5) is 14.5 Å². The van der Waals surface area contributed by atoms with Crippen LogP contribution in [-0.4, -0.2) is 54.6 Å². The van der Waals surface area contributed by atoms with Gasteiger partial charge < -0.3 is 10.2 Å². The van der Waals surface area contributed by atoms with E-state index in [1.54, 1.807) is 11.8 Å². The third-order valence-electron chi connectivity index (χ3n) is 5.45. The van der Waals surface area contributed by atoms with Crippen molar-refractivity contribution in [1.29, 1.82) is 0 Å². The minimum Gasteiger partial charge on any atom is -0.312 e. The number of nitrogens with zero attached hydrogens (tertiary/aromatic N) is 3. The molecule has 0 aromatic carbocycles. The highest BCUT2D eigenvalue weighted by molar-refractivity contribution is 5.97. The summed E-state index contributed by atoms with van der Waals surface area (Å²) < 4.78 is 28.8. The molecular weight excluding hydrogens is 350 g/mol. The highest BCUT2D eigenvalue weighted by atomic mass is 19.3. The first-order valence-electron chi connectivity index (χ1n) is 9.79. The van der Waals surface area contributed by atoms with Gasteiger partial charge in [-0.15, -0.1) is 0 Å². The molecule has 1 N–H and O–H groups in total. The Morgan fingerprint density at radius 3 is 2.85 bits per heavy atom. The number of fused-ring (bicyclic) bond motifs is 1. The zero-order valence-corrected chi connectivity index (χ0v) is 16.7. The second-order valence-electron chi connectivity index (χ2n) is 8.50. The summed E-state index contributed by atoms with van der Waals surface area (Å²) in [6.45, 7) is 11.1. The quantitative estimate of drug-likeness (QED) is 0.853. The molecule has 1 saturated heterocycles. The number of hydrogen-bond donors (Lipinski definition) is 1. The fourth-order valence-electron chi connectivity index (χ4n) is 4.05. The van der Waals surface area contributed by atoms with Crippen LogP contribution in [0.15, 0.2) is 12.3 Å². The van der Waals surface area contributed by atoms with Gasteiger partial charge in [0.15, 0.2) is 0 Å². The molecule has 7 heteroatoms. The number of piperazine rings is 1. The van der Waals surface area contributed by atoms with Crippen molar-refractivity contribution in [2.75, 3.05) is 37.6 Å². The van der Waals surface area contributed by atoms with E-state index in [-0.39, 0.29) is 23.3 Å². The van der Waals surface area contributed by atoms with Gasteiger partial charge in [-0.2, -0.15) is 0 Å². The fourth-order valence-corrected chi connectivity index (χ4v) is 4.05. The third kappa shape index (κ3) is 4.14. The van der Waals surface area contributed by atoms with Crippen LogP contribution in [-0.2, 0) is 16.1 Å². The standard InChI is InChI=1S/C20H30F2N4O/c1-5-6-20(21,22)15-9-16-18(24-10-15)19(3,4)13-26(16)17(27)12-25-8-7-23-14(2)11-25/h9-10,14,23H,5-8,11-13H2,1-4H3/t14-/m1/s1. The van der Waals surface area contributed by atoms with Gasteiger partial charge in [0.2, 0.25) is 5.91 Å². The molecule has 1 fully saturated rings. The molecule has 150 valence electrons. The van der Waals surface area contributed by atoms with E-state index in [0.717, 1.165) is 25.3 Å². The molecule has 3 heterocycles. The lowest BCUT2D eigenvalue weighted by molar-refractivity contribution is -0.120. The van der Waals surface area contributed by atoms with E-state index in [4.69, 9.17) is 0 Å². The molecule has 0 bridgehead atoms. The number of carbonyl (C=O) groups is 1. The molecule has 1 amide bonds. The van der Waals surface area contributed by atoms with E-state index in [1.807, 2.05) is 13.8 Å². The first-order valence-corrected chi connectivity index (χ1v) is 9.79. The molecule has 2 aliphatic rings. The number of hydrogen-bond acceptors (Lipinski definition) is 4. The maximum Gasteiger partial charge on any atom is 0.274 e. The molecule has 27 heavy (non-hydrogen) atoms. The van der Waals surface area contributed by atoms with Crippen molar-refractivity contribution in [3.05, 3.63) is 23.5 Å². The molecule has 0 saturated carbocycles. The van der Waals surface area contributed by atoms with Crippen molar-refractivity contribution in [2.45, 2.75) is 57.9 Å². The van der Waals surface area contributed by atoms with Gasteiger partial charge in [0, 0.05) is 55.8 Å². The fraction of sp³-hybridized carbons (Fsp3) is 0.700. The van der Waals surface area contributed by atoms with Gasteiger partial charge in [-0.05, 0) is 13.0 Å². The number of alkyl halides is 2. The van der Waals surface area contributed by atoms with E-state index in [9.17, 15) is 13.6 Å². The summed E-state index contributed by atoms with van der Waals surface area (Å²) in [5.74, 6) is -2.97. The summed E-state index contributed by atoms with van der Waals surface area (Å²) in [6.07, 6.45) is 1.45. The van der Waals surface area contributed by atoms with Gasteiger partial charge >= 0.3 is 0 Å². The average molecular weight is 380 g/mol. The molecular formula is C20H30F2N4O. The van der Waals surface area contributed by atoms with Crippen molar-refractivity contribution >= 4 is 11.6 Å². The topological polar surface area (TPSA) is 48.5 Å². The maximum absolute atomic E-state index is 14.4. The highest BCUT2D eigenvalue weighted by Crippen LogP contribution is 2.42. The number of rotatable bonds is 5. The van der Waals surface area contributed by atoms with Crippen molar-refractivity contribution in [3.63, 3.8) is 0 Å². The average Bonchev–Trinajstić information content (AvgIpc) is 2.86. The van der Waals surface area contributed by atoms with Crippen LogP contribution in [0.3, 0.4) is 0 Å². The van der Waals surface area contributed by atoms with Crippen LogP contribution >= 0.6 is 0 Å². The zero-order chi connectivity index (χ0) is 19.8. The normalized spacial score (nSPS) is 22.7. The van der Waals surface area contributed by atoms with Gasteiger partial charge in [-0.3, -0.25) is 14.7 Å². The molecule has 1 atom stereocenters. The minimum atomic E-state index is -2.92. The Morgan fingerprint density at radius 1 is 1.44 bits per heavy atom. The summed E-state index contributed by atoms with van der Waals surface area (Å²) in [6, 6.07) is 1.82. The summed E-state index contributed by atoms with van der Waals surface area (Å²) in [5, 5.41) is 3.36. The van der Waals surface area contributed by atoms with Crippen molar-refractivity contribution in [3.8, 4) is 0 Å². The van der Waals surface area contributed by atoms with Crippen LogP contribution < -0.4 is 10.2 Å². The molecule has 0 unspecified atom stereocenters. The molecule has 0 spiro atoms. The van der Waals surface area contributed by atoms with Crippen molar-refractivity contribution in [2.24, 2.45) is 0 Å². The van der Waals surface area contributed by atoms with Gasteiger partial charge in [0.25, 0.3) is 5.92 Å². The predicted molar refractivity (Wildman–Crippen MR) is 102 cm³/mol. The monoisotopic (exact) mass is 380 g/mol. The van der Waals surface area contributed by atoms with E-state index in [0.29, 0.717) is 31.2 Å². The van der Waals surface area contributed by atoms with Gasteiger partial charge in [-0.25, -0.2) is 8.78 Å². The Kier molecular flexibility index (Phi) is 5.54. The molecule has 3 rings (SSSR count). The smallest absolute Gasteiger partial charge is 0.274 e. The Bertz CT molecular complexity index is 707. The second-order valence-corrected chi connectivity index (χ2v) is 8.50. The Morgan fingerprint density at radius 2 is 2.19 bits per heavy atom. The summed E-state index contributed by atoms with van der Waals surface area (Å²) >= 11 is 0. The zero-order valence-electron chi connectivity index (χ0n) is 16.7. The first-order chi connectivity index (χ1) is 12.6. The molecule has 0 aliphatic carbocycles. The van der Waals surface area contributed by atoms with Crippen molar-refractivity contribution < 1.29 is 13.6 Å². The Labute approximate surface area is 160 Å². The van der Waals surface area contributed by atoms with Crippen LogP contribution in [0.5, 0.6) is 0 Å². The van der Waals surface area contributed by atoms with Crippen molar-refractivity contribution in [1.82, 2.24) is 15.2 Å². The van der Waals surface area contributed by atoms with E-state index in [2.05, 4.69) is 22.1 Å². The summed E-state index contributed by atoms with van der Waals surface area (Å²) in [5.41, 5.74) is 0.816. The summed E-state index contributed by atoms with van der Waals surface area (Å²) in [4.78, 5) is 21.1. The molecule has 5 nitrogen and oxygen atoms in total. The lowest BCUT2D eigenvalue weighted by atomic mass is 9.91. The molecule has 1 aromatic rings. The van der Waals surface area contributed by atoms with Crippen LogP contribution in [0.25, 0.3) is 0 Å². The second kappa shape index (κ2) is 7.43. The van der Waals surface area contributed by atoms with Gasteiger partial charge in [-0.1, -0.05) is 27.2 Å². The third-order valence-corrected chi connectivity index (χ3v) is 5.45. The van der Waals surface area contributed by atoms with Gasteiger partial charge in [0.1, 0.15) is 0 Å². The van der Waals surface area contributed by atoms with E-state index < -0.39 is 5.92 Å². The number of carbonyl (C=O) groups excluding carboxylic acids is 1. The number of anilines is 1. The number of halogens is 2. The van der Waals surface area contributed by atoms with Gasteiger partial charge in [0.05, 0.1) is 17.9 Å². The SMILES string of the molecule is CCCC(F)(F)c1cnc2c(c1)N(C(=O)CN1CCN[C@H](C)C1)CC2(C)C. The molecule has 0 radical (unpaired) electrons. The number of amides is 1. The largest absolute Gasteiger partial charge is 0.312 e. The number of pyridine rings is 1. The van der Waals surface area contributed by atoms with Crippen LogP contribution in [0.1, 0.15) is 51.8 Å². The van der Waals surface area contributed by atoms with E-state index >= 15 is 0 Å². The first kappa shape index (κ1) is 20.1. The highest BCUT2D eigenvalue weighted by Gasteiger charge is 2.42. The molecule has 2 aliphatic heterocycles. The predicted octanol–water partition coefficient (Wildman–Crippen LogP) is 2.89. The van der Waals surface area contributed by atoms with Crippen LogP contribution in [0, 0.1) is 0 Å². The Hall–Kier alpha value is -1.60. The summed E-state index contributed by atoms with van der Waals surface area (Å²) in [7, 11) is 0. The lowest BCUT2D eigenvalue weighted by Crippen LogP contribution is -2.52. The minimum absolute atomic E-state index is 0.0475. The Balaban J connectivity index is 1.85. The lowest BCUT2D eigenvalue weighted by Gasteiger charge is -2.32.